The number of nitrogens with one attached hydrogen (secondary N) is 1. The Morgan fingerprint density at radius 2 is 1.81 bits per heavy atom. The van der Waals surface area contributed by atoms with Crippen LogP contribution in [0.3, 0.4) is 0 Å². The van der Waals surface area contributed by atoms with Crippen molar-refractivity contribution in [2.24, 2.45) is 5.92 Å². The molecule has 164 valence electrons. The van der Waals surface area contributed by atoms with Crippen LogP contribution >= 0.6 is 23.2 Å². The van der Waals surface area contributed by atoms with E-state index < -0.39 is 12.5 Å². The number of carbonyl (C=O) groups excluding carboxylic acids is 1. The number of nitrogens with zero attached hydrogens (tertiary/aromatic N) is 1. The number of benzene rings is 2. The van der Waals surface area contributed by atoms with Crippen LogP contribution in [0, 0.1) is 5.92 Å². The molecule has 0 radical (unpaired) electrons. The largest absolute Gasteiger partial charge is 0.440 e. The van der Waals surface area contributed by atoms with Crippen molar-refractivity contribution in [1.82, 2.24) is 4.98 Å². The minimum Gasteiger partial charge on any atom is -0.440 e. The van der Waals surface area contributed by atoms with E-state index in [0.717, 1.165) is 16.7 Å². The summed E-state index contributed by atoms with van der Waals surface area (Å²) in [5, 5.41) is 13.9. The van der Waals surface area contributed by atoms with E-state index in [1.165, 1.54) is 0 Å². The zero-order chi connectivity index (χ0) is 22.8. The van der Waals surface area contributed by atoms with Crippen molar-refractivity contribution in [1.29, 1.82) is 0 Å². The Kier molecular flexibility index (Phi) is 6.51. The Morgan fingerprint density at radius 1 is 1.09 bits per heavy atom. The Morgan fingerprint density at radius 3 is 2.47 bits per heavy atom. The maximum absolute atomic E-state index is 12.0. The molecule has 0 aliphatic rings. The molecule has 0 bridgehead atoms. The summed E-state index contributed by atoms with van der Waals surface area (Å²) in [5.74, 6) is 0.391. The number of aliphatic hydroxyl groups excluding tert-OH is 1. The molecule has 0 aliphatic heterocycles. The van der Waals surface area contributed by atoms with E-state index in [1.807, 2.05) is 54.6 Å². The smallest absolute Gasteiger partial charge is 0.250 e. The molecule has 2 aromatic carbocycles. The van der Waals surface area contributed by atoms with Gasteiger partial charge in [-0.15, -0.1) is 0 Å². The average Bonchev–Trinajstić information content (AvgIpc) is 3.09. The highest BCUT2D eigenvalue weighted by molar-refractivity contribution is 6.33. The van der Waals surface area contributed by atoms with E-state index in [-0.39, 0.29) is 0 Å². The molecule has 5 nitrogen and oxygen atoms in total. The van der Waals surface area contributed by atoms with E-state index in [0.29, 0.717) is 50.6 Å². The van der Waals surface area contributed by atoms with Crippen molar-refractivity contribution in [3.8, 4) is 22.4 Å². The Balaban J connectivity index is 2.02. The molecule has 7 heteroatoms. The molecule has 0 aliphatic carbocycles. The van der Waals surface area contributed by atoms with Crippen LogP contribution in [-0.4, -0.2) is 22.6 Å². The summed E-state index contributed by atoms with van der Waals surface area (Å²) in [6.45, 7) is 3.50. The number of furan rings is 1. The molecule has 2 N–H and O–H groups in total. The number of aromatic nitrogens is 1. The van der Waals surface area contributed by atoms with Crippen LogP contribution in [0.15, 0.2) is 59.0 Å². The summed E-state index contributed by atoms with van der Waals surface area (Å²) in [6, 6.07) is 16.9. The molecule has 1 amide bonds. The number of hydrogen-bond donors (Lipinski definition) is 2. The van der Waals surface area contributed by atoms with Gasteiger partial charge in [0.15, 0.2) is 0 Å². The first-order valence-electron chi connectivity index (χ1n) is 10.2. The quantitative estimate of drug-likeness (QED) is 0.334. The van der Waals surface area contributed by atoms with Gasteiger partial charge < -0.3 is 14.8 Å². The summed E-state index contributed by atoms with van der Waals surface area (Å²) >= 11 is 12.6. The second kappa shape index (κ2) is 9.33. The standard InChI is InChI=1S/C25H22Cl2N2O3/c1-14(2)11-21-24(28-22(31)13-30)19-12-18(15-7-9-16(26)10-8-15)23(29-25(19)32-21)17-5-3-4-6-20(17)27/h3-10,12,14,30H,11,13H2,1-2H3,(H,28,31). The number of halogens is 2. The number of pyridine rings is 1. The lowest BCUT2D eigenvalue weighted by Crippen LogP contribution is -2.16. The van der Waals surface area contributed by atoms with Gasteiger partial charge in [0.1, 0.15) is 12.4 Å². The number of aliphatic hydroxyl groups is 1. The summed E-state index contributed by atoms with van der Waals surface area (Å²) in [4.78, 5) is 16.9. The lowest BCUT2D eigenvalue weighted by molar-refractivity contribution is -0.118. The molecule has 4 aromatic rings. The van der Waals surface area contributed by atoms with Crippen LogP contribution in [0.5, 0.6) is 0 Å². The highest BCUT2D eigenvalue weighted by atomic mass is 35.5. The van der Waals surface area contributed by atoms with Gasteiger partial charge in [0, 0.05) is 27.6 Å². The van der Waals surface area contributed by atoms with Gasteiger partial charge in [-0.1, -0.05) is 67.4 Å². The topological polar surface area (TPSA) is 75.4 Å². The zero-order valence-corrected chi connectivity index (χ0v) is 19.2. The molecular formula is C25H22Cl2N2O3. The lowest BCUT2D eigenvalue weighted by Gasteiger charge is -2.12. The van der Waals surface area contributed by atoms with Crippen LogP contribution in [-0.2, 0) is 11.2 Å². The Hall–Kier alpha value is -2.86. The summed E-state index contributed by atoms with van der Waals surface area (Å²) in [6.07, 6.45) is 0.606. The first kappa shape index (κ1) is 22.3. The van der Waals surface area contributed by atoms with Gasteiger partial charge in [0.2, 0.25) is 11.6 Å². The molecule has 0 fully saturated rings. The van der Waals surface area contributed by atoms with Gasteiger partial charge in [-0.05, 0) is 35.7 Å². The fourth-order valence-corrected chi connectivity index (χ4v) is 3.96. The van der Waals surface area contributed by atoms with Gasteiger partial charge in [-0.25, -0.2) is 4.98 Å². The van der Waals surface area contributed by atoms with Gasteiger partial charge >= 0.3 is 0 Å². The summed E-state index contributed by atoms with van der Waals surface area (Å²) < 4.78 is 6.10. The summed E-state index contributed by atoms with van der Waals surface area (Å²) in [7, 11) is 0. The fourth-order valence-electron chi connectivity index (χ4n) is 3.61. The third-order valence-electron chi connectivity index (χ3n) is 5.04. The van der Waals surface area contributed by atoms with Crippen LogP contribution in [0.2, 0.25) is 10.0 Å². The van der Waals surface area contributed by atoms with E-state index in [4.69, 9.17) is 32.6 Å². The second-order valence-electron chi connectivity index (χ2n) is 7.93. The molecule has 2 aromatic heterocycles. The number of carbonyl (C=O) groups is 1. The first-order chi connectivity index (χ1) is 15.4. The van der Waals surface area contributed by atoms with Crippen LogP contribution < -0.4 is 5.32 Å². The highest BCUT2D eigenvalue weighted by Gasteiger charge is 2.22. The number of rotatable bonds is 6. The average molecular weight is 469 g/mol. The van der Waals surface area contributed by atoms with Crippen molar-refractivity contribution in [3.63, 3.8) is 0 Å². The number of fused-ring (bicyclic) bond motifs is 1. The third kappa shape index (κ3) is 4.51. The van der Waals surface area contributed by atoms with E-state index >= 15 is 0 Å². The maximum atomic E-state index is 12.0. The van der Waals surface area contributed by atoms with E-state index in [9.17, 15) is 9.90 Å². The van der Waals surface area contributed by atoms with Crippen LogP contribution in [0.25, 0.3) is 33.5 Å². The maximum Gasteiger partial charge on any atom is 0.250 e. The minimum absolute atomic E-state index is 0.291. The highest BCUT2D eigenvalue weighted by Crippen LogP contribution is 2.40. The molecule has 0 atom stereocenters. The molecular weight excluding hydrogens is 447 g/mol. The van der Waals surface area contributed by atoms with Crippen molar-refractivity contribution < 1.29 is 14.3 Å². The molecule has 0 unspecified atom stereocenters. The van der Waals surface area contributed by atoms with Crippen molar-refractivity contribution in [2.45, 2.75) is 20.3 Å². The van der Waals surface area contributed by atoms with Gasteiger partial charge in [-0.3, -0.25) is 4.79 Å². The molecule has 32 heavy (non-hydrogen) atoms. The fraction of sp³-hybridized carbons (Fsp3) is 0.200. The van der Waals surface area contributed by atoms with Crippen molar-refractivity contribution in [2.75, 3.05) is 11.9 Å². The van der Waals surface area contributed by atoms with Gasteiger partial charge in [0.05, 0.1) is 16.8 Å². The van der Waals surface area contributed by atoms with E-state index in [1.54, 1.807) is 0 Å². The molecule has 4 rings (SSSR count). The molecule has 0 saturated heterocycles. The summed E-state index contributed by atoms with van der Waals surface area (Å²) in [5.41, 5.74) is 4.06. The van der Waals surface area contributed by atoms with Gasteiger partial charge in [-0.2, -0.15) is 0 Å². The van der Waals surface area contributed by atoms with Crippen LogP contribution in [0.1, 0.15) is 19.6 Å². The first-order valence-corrected chi connectivity index (χ1v) is 11.0. The Bertz CT molecular complexity index is 1280. The monoisotopic (exact) mass is 468 g/mol. The zero-order valence-electron chi connectivity index (χ0n) is 17.7. The Labute approximate surface area is 196 Å². The minimum atomic E-state index is -0.622. The number of amides is 1. The SMILES string of the molecule is CC(C)Cc1oc2nc(-c3ccccc3Cl)c(-c3ccc(Cl)cc3)cc2c1NC(=O)CO. The number of hydrogen-bond acceptors (Lipinski definition) is 4. The molecule has 2 heterocycles. The lowest BCUT2D eigenvalue weighted by atomic mass is 9.98. The molecule has 0 saturated carbocycles. The normalized spacial score (nSPS) is 11.3. The second-order valence-corrected chi connectivity index (χ2v) is 8.77. The van der Waals surface area contributed by atoms with E-state index in [2.05, 4.69) is 19.2 Å². The number of anilines is 1. The van der Waals surface area contributed by atoms with Crippen molar-refractivity contribution >= 4 is 45.9 Å². The van der Waals surface area contributed by atoms with Crippen molar-refractivity contribution in [3.05, 3.63) is 70.4 Å². The molecule has 0 spiro atoms. The third-order valence-corrected chi connectivity index (χ3v) is 5.62. The predicted octanol–water partition coefficient (Wildman–Crippen LogP) is 6.60. The van der Waals surface area contributed by atoms with Gasteiger partial charge in [0.25, 0.3) is 0 Å². The predicted molar refractivity (Wildman–Crippen MR) is 129 cm³/mol. The van der Waals surface area contributed by atoms with Crippen LogP contribution in [0.4, 0.5) is 5.69 Å².